The van der Waals surface area contributed by atoms with Crippen LogP contribution in [0.25, 0.3) is 17.1 Å². The number of benzene rings is 4. The number of carbonyl (C=O) groups excluding carboxylic acids is 2. The molecule has 3 aliphatic carbocycles. The van der Waals surface area contributed by atoms with Crippen molar-refractivity contribution >= 4 is 128 Å². The first-order valence-corrected chi connectivity index (χ1v) is 46.5. The summed E-state index contributed by atoms with van der Waals surface area (Å²) < 4.78 is 49.0. The SMILES string of the molecule is C=CC(=O)N1CCc2nc(SC3CCC3)n(-c3ccccc3)c(=O)c2C1.CC.CCI.Cl.O=C(CCNCc1ccc2c(c1)OCO2)N1CCc2nc(SC3CCC3)n(-c3ccccc3)c(=O)c2C1.O=C(O)C(F)(F)F.O=c1c2c(nc(SC3CCC3)n1-c1ccccc1)CCNC2.[CH3-].[I][V][I]. The zero-order valence-corrected chi connectivity index (χ0v) is 68.4. The molecule has 0 unspecified atom stereocenters. The molecule has 14 rings (SSSR count). The molecule has 551 valence electrons. The zero-order valence-electron chi connectivity index (χ0n) is 57.3. The molecule has 7 heterocycles. The molecule has 102 heavy (non-hydrogen) atoms. The van der Waals surface area contributed by atoms with Crippen LogP contribution in [0.5, 0.6) is 11.5 Å². The summed E-state index contributed by atoms with van der Waals surface area (Å²) in [7, 11) is 0.628. The predicted molar refractivity (Wildman–Crippen MR) is 424 cm³/mol. The van der Waals surface area contributed by atoms with Crippen LogP contribution < -0.4 is 36.8 Å². The monoisotopic (exact) mass is 1850 g/mol. The van der Waals surface area contributed by atoms with Crippen LogP contribution in [0.4, 0.5) is 13.2 Å². The first-order valence-electron chi connectivity index (χ1n) is 33.3. The summed E-state index contributed by atoms with van der Waals surface area (Å²) in [4.78, 5) is 92.1. The summed E-state index contributed by atoms with van der Waals surface area (Å²) in [6.07, 6.45) is 9.56. The van der Waals surface area contributed by atoms with Gasteiger partial charge >= 0.3 is 61.6 Å². The third kappa shape index (κ3) is 23.8. The van der Waals surface area contributed by atoms with Gasteiger partial charge in [0.25, 0.3) is 16.7 Å². The molecule has 2 amide bonds. The van der Waals surface area contributed by atoms with E-state index in [2.05, 4.69) is 86.7 Å². The number of thioether (sulfide) groups is 3. The molecule has 7 aliphatic rings. The van der Waals surface area contributed by atoms with Gasteiger partial charge in [-0.1, -0.05) is 165 Å². The number of para-hydroxylation sites is 3. The van der Waals surface area contributed by atoms with Gasteiger partial charge in [-0.25, -0.2) is 19.7 Å². The number of carboxylic acids is 1. The zero-order chi connectivity index (χ0) is 71.7. The van der Waals surface area contributed by atoms with Gasteiger partial charge in [0.2, 0.25) is 18.6 Å². The Bertz CT molecular complexity index is 4070. The summed E-state index contributed by atoms with van der Waals surface area (Å²) in [5.41, 5.74) is 8.32. The fraction of sp³-hybridized carbons (Fsp3) is 0.417. The minimum atomic E-state index is -5.08. The Morgan fingerprint density at radius 1 is 0.667 bits per heavy atom. The third-order valence-corrected chi connectivity index (χ3v) is 20.7. The van der Waals surface area contributed by atoms with Gasteiger partial charge in [-0.2, -0.15) is 13.2 Å². The average molecular weight is 1860 g/mol. The number of nitrogens with zero attached hydrogens (tertiary/aromatic N) is 8. The maximum absolute atomic E-state index is 13.7. The number of rotatable bonds is 15. The van der Waals surface area contributed by atoms with Crippen molar-refractivity contribution < 1.29 is 51.6 Å². The van der Waals surface area contributed by atoms with Gasteiger partial charge in [-0.05, 0) is 103 Å². The molecular formula is C72H86ClF3I3N10O9S3V-. The molecule has 19 nitrogen and oxygen atoms in total. The molecule has 3 aromatic heterocycles. The van der Waals surface area contributed by atoms with Crippen molar-refractivity contribution in [2.24, 2.45) is 0 Å². The molecule has 3 N–H and O–H groups in total. The van der Waals surface area contributed by atoms with Crippen molar-refractivity contribution in [2.75, 3.05) is 37.4 Å². The first kappa shape index (κ1) is 86.0. The van der Waals surface area contributed by atoms with Gasteiger partial charge in [0.05, 0.1) is 63.9 Å². The van der Waals surface area contributed by atoms with E-state index in [-0.39, 0.29) is 55.1 Å². The van der Waals surface area contributed by atoms with E-state index in [4.69, 9.17) is 34.3 Å². The van der Waals surface area contributed by atoms with E-state index in [9.17, 15) is 37.1 Å². The van der Waals surface area contributed by atoms with Crippen LogP contribution >= 0.6 is 110 Å². The Labute approximate surface area is 655 Å². The van der Waals surface area contributed by atoms with Crippen molar-refractivity contribution in [3.63, 3.8) is 0 Å². The number of hydrogen-bond donors (Lipinski definition) is 3. The standard InChI is InChI=1S/C28H30N4O4S.C20H21N3O2S.C17H19N3OS.C2HF3O2.C2H5I.C2H6.CH3.ClH.2HI.V/c33-26(11-13-29-16-19-9-10-24-25(15-19)36-18-35-24)31-14-12-23-22(17-31)27(34)32(20-5-2-1-3-6-20)28(30-23)37-21-7-4-8-21;1-2-18(24)22-12-11-17-16(13-22)19(25)23(14-7-4-3-5-8-14)20(21-17)26-15-9-6-10-15;21-16-14-11-18-10-9-15(14)19-17(22-13-7-4-8-13)20(16)12-5-2-1-3-6-12;3-2(4,5)1(6)7;1-2-3;1-2;;;;;/h1-3,5-6,9-10,15,21,29H,4,7-8,11-14,16-18H2;2-5,7-8,15H,1,6,9-13H2;1-3,5-6,13,18H,4,7-11H2;(H,6,7);2H2,1H3;1-2H3;1H3;3*1H;/q;;;;;;-1;;;;+2/p-2. The summed E-state index contributed by atoms with van der Waals surface area (Å²) in [6, 6.07) is 35.1. The summed E-state index contributed by atoms with van der Waals surface area (Å²) in [6.45, 7) is 14.4. The second kappa shape index (κ2) is 43.7. The van der Waals surface area contributed by atoms with Gasteiger partial charge in [0.1, 0.15) is 0 Å². The van der Waals surface area contributed by atoms with Crippen LogP contribution in [-0.2, 0) is 69.3 Å². The number of hydrogen-bond acceptors (Lipinski definition) is 16. The van der Waals surface area contributed by atoms with Crippen molar-refractivity contribution in [1.29, 1.82) is 0 Å². The van der Waals surface area contributed by atoms with E-state index >= 15 is 0 Å². The number of aliphatic carboxylic acids is 1. The van der Waals surface area contributed by atoms with Crippen molar-refractivity contribution in [2.45, 2.75) is 168 Å². The van der Waals surface area contributed by atoms with Crippen molar-refractivity contribution in [3.8, 4) is 28.6 Å². The van der Waals surface area contributed by atoms with Gasteiger partial charge in [-0.15, -0.1) is 12.4 Å². The quantitative estimate of drug-likeness (QED) is 0.0217. The first-order chi connectivity index (χ1) is 48.4. The number of amides is 2. The summed E-state index contributed by atoms with van der Waals surface area (Å²) >= 11 is 12.2. The number of alkyl halides is 4. The Balaban J connectivity index is 0.000000222. The van der Waals surface area contributed by atoms with Crippen molar-refractivity contribution in [3.05, 3.63) is 200 Å². The van der Waals surface area contributed by atoms with Gasteiger partial charge in [0.15, 0.2) is 27.0 Å². The molecule has 30 heteroatoms. The Hall–Kier alpha value is -4.91. The molecule has 4 aromatic carbocycles. The molecule has 0 bridgehead atoms. The van der Waals surface area contributed by atoms with E-state index in [0.29, 0.717) is 101 Å². The third-order valence-electron chi connectivity index (χ3n) is 16.8. The minimum absolute atomic E-state index is 0. The van der Waals surface area contributed by atoms with Crippen LogP contribution in [0, 0.1) is 7.43 Å². The molecule has 7 aromatic rings. The topological polar surface area (TPSA) is 225 Å². The van der Waals surface area contributed by atoms with Gasteiger partial charge in [0, 0.05) is 80.7 Å². The molecule has 0 spiro atoms. The van der Waals surface area contributed by atoms with Crippen LogP contribution in [0.2, 0.25) is 0 Å². The number of fused-ring (bicyclic) bond motifs is 4. The van der Waals surface area contributed by atoms with Crippen LogP contribution in [-0.4, -0.2) is 121 Å². The van der Waals surface area contributed by atoms with Crippen LogP contribution in [0.15, 0.2) is 152 Å². The number of carbonyl (C=O) groups is 3. The fourth-order valence-corrected chi connectivity index (χ4v) is 15.0. The second-order valence-electron chi connectivity index (χ2n) is 23.4. The van der Waals surface area contributed by atoms with E-state index in [0.717, 1.165) is 98.0 Å². The summed E-state index contributed by atoms with van der Waals surface area (Å²) in [5, 5.41) is 17.8. The van der Waals surface area contributed by atoms with E-state index < -0.39 is 12.1 Å². The molecule has 0 saturated heterocycles. The van der Waals surface area contributed by atoms with Gasteiger partial charge in [-0.3, -0.25) is 37.7 Å². The molecular weight excluding hydrogens is 1770 g/mol. The number of aromatic nitrogens is 6. The Morgan fingerprint density at radius 3 is 1.46 bits per heavy atom. The Kier molecular flexibility index (Phi) is 36.8. The summed E-state index contributed by atoms with van der Waals surface area (Å²) in [5.74, 6) is -1.34. The van der Waals surface area contributed by atoms with Crippen molar-refractivity contribution in [1.82, 2.24) is 49.1 Å². The molecule has 4 aliphatic heterocycles. The van der Waals surface area contributed by atoms with E-state index in [1.165, 1.54) is 55.4 Å². The molecule has 0 atom stereocenters. The average Bonchev–Trinajstić information content (AvgIpc) is 0.895. The number of halogens is 7. The van der Waals surface area contributed by atoms with Gasteiger partial charge < -0.3 is 42.4 Å². The normalized spacial score (nSPS) is 15.2. The van der Waals surface area contributed by atoms with E-state index in [1.807, 2.05) is 123 Å². The number of ether oxygens (including phenoxy) is 2. The fourth-order valence-electron chi connectivity index (χ4n) is 11.0. The number of nitrogens with one attached hydrogen (secondary N) is 2. The Morgan fingerprint density at radius 2 is 1.06 bits per heavy atom. The number of carboxylic acid groups (broad SMARTS) is 1. The second-order valence-corrected chi connectivity index (χ2v) is 40.5. The van der Waals surface area contributed by atoms with Crippen LogP contribution in [0.1, 0.15) is 124 Å². The van der Waals surface area contributed by atoms with E-state index in [1.54, 1.807) is 58.8 Å². The predicted octanol–water partition coefficient (Wildman–Crippen LogP) is 14.9. The molecule has 3 saturated carbocycles. The maximum atomic E-state index is 13.7. The van der Waals surface area contributed by atoms with Crippen LogP contribution in [0.3, 0.4) is 0 Å². The molecule has 0 radical (unpaired) electrons. The molecule has 3 fully saturated rings.